The molecule has 5 aromatic rings. The molecule has 6 rings (SSSR count). The van der Waals surface area contributed by atoms with Gasteiger partial charge in [-0.1, -0.05) is 17.3 Å². The second-order valence-electron chi connectivity index (χ2n) is 8.10. The Hall–Kier alpha value is -4.58. The maximum atomic E-state index is 12.4. The van der Waals surface area contributed by atoms with Gasteiger partial charge in [0.15, 0.2) is 5.82 Å². The minimum absolute atomic E-state index is 0.0275. The number of imidazole rings is 1. The zero-order valence-electron chi connectivity index (χ0n) is 19.0. The Balaban J connectivity index is 1.37. The molecule has 4 aromatic heterocycles. The number of hydrogen-bond acceptors (Lipinski definition) is 9. The maximum Gasteiger partial charge on any atom is 0.238 e. The van der Waals surface area contributed by atoms with Gasteiger partial charge in [-0.25, -0.2) is 18.4 Å². The third-order valence-electron chi connectivity index (χ3n) is 5.55. The van der Waals surface area contributed by atoms with Gasteiger partial charge in [-0.15, -0.1) is 0 Å². The maximum absolute atomic E-state index is 12.4. The SMILES string of the molecule is Cc1nc(-c2ccc(Oc3cc4nc(-c5ccccn5)[nH]c4cc3CN3C=CCS3(=O)=O)cn2)no1. The number of H-pyrrole nitrogens is 1. The number of nitrogens with one attached hydrogen (secondary N) is 1. The van der Waals surface area contributed by atoms with Crippen molar-refractivity contribution in [1.29, 1.82) is 0 Å². The van der Waals surface area contributed by atoms with E-state index in [1.54, 1.807) is 49.8 Å². The zero-order chi connectivity index (χ0) is 24.7. The smallest absolute Gasteiger partial charge is 0.238 e. The van der Waals surface area contributed by atoms with Crippen LogP contribution in [0.4, 0.5) is 0 Å². The molecule has 0 saturated carbocycles. The number of pyridine rings is 2. The lowest BCUT2D eigenvalue weighted by Crippen LogP contribution is -2.22. The van der Waals surface area contributed by atoms with E-state index < -0.39 is 10.0 Å². The summed E-state index contributed by atoms with van der Waals surface area (Å²) in [6, 6.07) is 12.6. The highest BCUT2D eigenvalue weighted by Gasteiger charge is 2.24. The van der Waals surface area contributed by atoms with Crippen LogP contribution in [0, 0.1) is 6.92 Å². The minimum Gasteiger partial charge on any atom is -0.455 e. The van der Waals surface area contributed by atoms with E-state index in [-0.39, 0.29) is 12.3 Å². The molecule has 1 aromatic carbocycles. The summed E-state index contributed by atoms with van der Waals surface area (Å²) in [5.74, 6) is 2.32. The first-order chi connectivity index (χ1) is 17.4. The highest BCUT2D eigenvalue weighted by Crippen LogP contribution is 2.33. The molecule has 1 aliphatic rings. The molecule has 0 atom stereocenters. The average molecular weight is 502 g/mol. The summed E-state index contributed by atoms with van der Waals surface area (Å²) in [5, 5.41) is 3.87. The minimum atomic E-state index is -3.40. The summed E-state index contributed by atoms with van der Waals surface area (Å²) in [4.78, 5) is 20.8. The van der Waals surface area contributed by atoms with Gasteiger partial charge < -0.3 is 14.2 Å². The summed E-state index contributed by atoms with van der Waals surface area (Å²) in [7, 11) is -3.40. The van der Waals surface area contributed by atoms with E-state index in [1.807, 2.05) is 24.3 Å². The monoisotopic (exact) mass is 501 g/mol. The van der Waals surface area contributed by atoms with Crippen molar-refractivity contribution < 1.29 is 17.7 Å². The largest absolute Gasteiger partial charge is 0.455 e. The number of benzene rings is 1. The van der Waals surface area contributed by atoms with Crippen LogP contribution in [0.1, 0.15) is 11.5 Å². The Labute approximate surface area is 205 Å². The van der Waals surface area contributed by atoms with E-state index in [0.29, 0.717) is 51.5 Å². The van der Waals surface area contributed by atoms with Gasteiger partial charge in [0, 0.05) is 31.0 Å². The van der Waals surface area contributed by atoms with Gasteiger partial charge in [0.05, 0.1) is 29.5 Å². The standard InChI is InChI=1S/C24H19N7O4S/c1-15-27-24(30-35-15)19-7-6-17(13-26-19)34-22-12-21-20(28-23(29-21)18-5-2-3-8-25-18)11-16(22)14-31-9-4-10-36(31,32)33/h2-9,11-13H,10,14H2,1H3,(H,28,29). The molecule has 0 unspecified atom stereocenters. The fourth-order valence-electron chi connectivity index (χ4n) is 3.82. The zero-order valence-corrected chi connectivity index (χ0v) is 19.8. The van der Waals surface area contributed by atoms with Gasteiger partial charge in [-0.3, -0.25) is 9.29 Å². The van der Waals surface area contributed by atoms with Crippen LogP contribution in [0.5, 0.6) is 11.5 Å². The Morgan fingerprint density at radius 1 is 1.11 bits per heavy atom. The van der Waals surface area contributed by atoms with Crippen LogP contribution in [-0.2, 0) is 16.6 Å². The molecule has 1 aliphatic heterocycles. The first-order valence-electron chi connectivity index (χ1n) is 11.0. The van der Waals surface area contributed by atoms with Crippen molar-refractivity contribution in [3.05, 3.63) is 78.6 Å². The Bertz CT molecular complexity index is 1690. The molecule has 0 bridgehead atoms. The fraction of sp³-hybridized carbons (Fsp3) is 0.125. The fourth-order valence-corrected chi connectivity index (χ4v) is 4.95. The van der Waals surface area contributed by atoms with E-state index in [2.05, 4.69) is 30.1 Å². The lowest BCUT2D eigenvalue weighted by atomic mass is 10.1. The highest BCUT2D eigenvalue weighted by atomic mass is 32.2. The van der Waals surface area contributed by atoms with Gasteiger partial charge in [0.2, 0.25) is 21.7 Å². The molecule has 0 radical (unpaired) electrons. The number of aryl methyl sites for hydroxylation is 1. The van der Waals surface area contributed by atoms with Crippen LogP contribution in [0.3, 0.4) is 0 Å². The van der Waals surface area contributed by atoms with Gasteiger partial charge >= 0.3 is 0 Å². The molecule has 36 heavy (non-hydrogen) atoms. The normalized spacial score (nSPS) is 14.5. The van der Waals surface area contributed by atoms with Crippen LogP contribution < -0.4 is 4.74 Å². The molecule has 180 valence electrons. The number of aromatic nitrogens is 6. The third-order valence-corrected chi connectivity index (χ3v) is 7.13. The molecule has 11 nitrogen and oxygen atoms in total. The summed E-state index contributed by atoms with van der Waals surface area (Å²) < 4.78 is 37.3. The van der Waals surface area contributed by atoms with Crippen molar-refractivity contribution in [2.24, 2.45) is 0 Å². The molecule has 0 saturated heterocycles. The lowest BCUT2D eigenvalue weighted by molar-refractivity contribution is 0.394. The second-order valence-corrected chi connectivity index (χ2v) is 10.1. The van der Waals surface area contributed by atoms with Crippen LogP contribution in [0.25, 0.3) is 34.1 Å². The number of hydrogen-bond donors (Lipinski definition) is 1. The summed E-state index contributed by atoms with van der Waals surface area (Å²) in [6.07, 6.45) is 6.43. The van der Waals surface area contributed by atoms with Gasteiger partial charge in [0.1, 0.15) is 22.9 Å². The summed E-state index contributed by atoms with van der Waals surface area (Å²) in [5.41, 5.74) is 3.28. The van der Waals surface area contributed by atoms with E-state index in [9.17, 15) is 8.42 Å². The first-order valence-corrected chi connectivity index (χ1v) is 12.6. The van der Waals surface area contributed by atoms with E-state index in [0.717, 1.165) is 5.52 Å². The second kappa shape index (κ2) is 8.57. The Morgan fingerprint density at radius 2 is 2.03 bits per heavy atom. The van der Waals surface area contributed by atoms with Gasteiger partial charge in [-0.05, 0) is 30.3 Å². The predicted molar refractivity (Wildman–Crippen MR) is 130 cm³/mol. The van der Waals surface area contributed by atoms with Gasteiger partial charge in [-0.2, -0.15) is 4.98 Å². The Morgan fingerprint density at radius 3 is 2.72 bits per heavy atom. The molecule has 5 heterocycles. The lowest BCUT2D eigenvalue weighted by Gasteiger charge is -2.18. The van der Waals surface area contributed by atoms with Crippen molar-refractivity contribution in [3.63, 3.8) is 0 Å². The molecule has 12 heteroatoms. The first kappa shape index (κ1) is 21.9. The molecule has 0 amide bonds. The molecule has 1 N–H and O–H groups in total. The average Bonchev–Trinajstić information content (AvgIpc) is 3.58. The van der Waals surface area contributed by atoms with E-state index >= 15 is 0 Å². The van der Waals surface area contributed by atoms with Crippen LogP contribution in [0.2, 0.25) is 0 Å². The third kappa shape index (κ3) is 4.18. The number of fused-ring (bicyclic) bond motifs is 1. The predicted octanol–water partition coefficient (Wildman–Crippen LogP) is 3.83. The highest BCUT2D eigenvalue weighted by molar-refractivity contribution is 7.89. The molecule has 0 spiro atoms. The number of sulfonamides is 1. The molecule has 0 fully saturated rings. The number of rotatable bonds is 6. The number of nitrogens with zero attached hydrogens (tertiary/aromatic N) is 6. The van der Waals surface area contributed by atoms with Crippen molar-refractivity contribution in [2.75, 3.05) is 5.75 Å². The van der Waals surface area contributed by atoms with E-state index in [1.165, 1.54) is 4.31 Å². The topological polar surface area (TPSA) is 140 Å². The van der Waals surface area contributed by atoms with E-state index in [4.69, 9.17) is 9.26 Å². The van der Waals surface area contributed by atoms with Crippen molar-refractivity contribution in [1.82, 2.24) is 34.4 Å². The van der Waals surface area contributed by atoms with Crippen molar-refractivity contribution in [3.8, 4) is 34.5 Å². The van der Waals surface area contributed by atoms with Gasteiger partial charge in [0.25, 0.3) is 0 Å². The molecular weight excluding hydrogens is 482 g/mol. The summed E-state index contributed by atoms with van der Waals surface area (Å²) >= 11 is 0. The van der Waals surface area contributed by atoms with Crippen LogP contribution >= 0.6 is 0 Å². The molecular formula is C24H19N7O4S. The number of aromatic amines is 1. The summed E-state index contributed by atoms with van der Waals surface area (Å²) in [6.45, 7) is 1.81. The van der Waals surface area contributed by atoms with Crippen LogP contribution in [-0.4, -0.2) is 48.6 Å². The van der Waals surface area contributed by atoms with Crippen molar-refractivity contribution >= 4 is 21.1 Å². The Kier molecular flexibility index (Phi) is 5.22. The molecule has 0 aliphatic carbocycles. The number of ether oxygens (including phenoxy) is 1. The van der Waals surface area contributed by atoms with Crippen LogP contribution in [0.15, 0.2) is 71.7 Å². The van der Waals surface area contributed by atoms with Crippen molar-refractivity contribution in [2.45, 2.75) is 13.5 Å². The quantitative estimate of drug-likeness (QED) is 0.367.